The zero-order valence-corrected chi connectivity index (χ0v) is 14.1. The molecule has 7 nitrogen and oxygen atoms in total. The molecule has 0 atom stereocenters. The summed E-state index contributed by atoms with van der Waals surface area (Å²) in [5.41, 5.74) is 0.795. The van der Waals surface area contributed by atoms with Crippen molar-refractivity contribution in [3.05, 3.63) is 81.5 Å². The highest BCUT2D eigenvalue weighted by molar-refractivity contribution is 5.96. The van der Waals surface area contributed by atoms with Gasteiger partial charge in [0.2, 0.25) is 0 Å². The molecule has 134 valence electrons. The summed E-state index contributed by atoms with van der Waals surface area (Å²) in [6, 6.07) is 15.3. The molecule has 0 fully saturated rings. The normalized spacial score (nSPS) is 10.2. The van der Waals surface area contributed by atoms with Crippen molar-refractivity contribution in [3.63, 3.8) is 0 Å². The van der Waals surface area contributed by atoms with Crippen LogP contribution in [0.25, 0.3) is 10.9 Å². The smallest absolute Gasteiger partial charge is 0.354 e. The van der Waals surface area contributed by atoms with E-state index in [0.717, 1.165) is 5.56 Å². The molecule has 27 heavy (non-hydrogen) atoms. The molecule has 2 aromatic carbocycles. The number of pyridine rings is 1. The van der Waals surface area contributed by atoms with Crippen molar-refractivity contribution in [1.82, 2.24) is 4.98 Å². The van der Waals surface area contributed by atoms with Crippen molar-refractivity contribution in [1.29, 1.82) is 0 Å². The first-order valence-electron chi connectivity index (χ1n) is 7.98. The van der Waals surface area contributed by atoms with Gasteiger partial charge in [0.15, 0.2) is 0 Å². The van der Waals surface area contributed by atoms with Gasteiger partial charge in [-0.25, -0.2) is 9.78 Å². The van der Waals surface area contributed by atoms with E-state index in [4.69, 9.17) is 4.74 Å². The monoisotopic (exact) mass is 362 g/mol. The lowest BCUT2D eigenvalue weighted by molar-refractivity contribution is -0.383. The number of hydrogen-bond donors (Lipinski definition) is 1. The Morgan fingerprint density at radius 1 is 1.19 bits per heavy atom. The average Bonchev–Trinajstić information content (AvgIpc) is 2.67. The van der Waals surface area contributed by atoms with Gasteiger partial charge in [-0.2, -0.15) is 0 Å². The van der Waals surface area contributed by atoms with Gasteiger partial charge in [-0.05, 0) is 11.6 Å². The number of hydrogen-bond acceptors (Lipinski definition) is 5. The van der Waals surface area contributed by atoms with E-state index in [9.17, 15) is 20.0 Å². The molecule has 0 aliphatic rings. The van der Waals surface area contributed by atoms with Gasteiger partial charge in [0.1, 0.15) is 17.8 Å². The van der Waals surface area contributed by atoms with Gasteiger partial charge >= 0.3 is 5.97 Å². The van der Waals surface area contributed by atoms with Gasteiger partial charge in [0.05, 0.1) is 11.5 Å². The van der Waals surface area contributed by atoms with E-state index in [1.165, 1.54) is 18.2 Å². The lowest BCUT2D eigenvalue weighted by Crippen LogP contribution is -2.03. The predicted octanol–water partition coefficient (Wildman–Crippen LogP) is 3.41. The Morgan fingerprint density at radius 2 is 1.96 bits per heavy atom. The number of carbonyl (C=O) groups is 1. The molecule has 1 heterocycles. The summed E-state index contributed by atoms with van der Waals surface area (Å²) in [6.45, 7) is 0.536. The molecule has 3 aromatic rings. The van der Waals surface area contributed by atoms with Crippen LogP contribution in [0.2, 0.25) is 0 Å². The molecule has 0 bridgehead atoms. The van der Waals surface area contributed by atoms with Gasteiger partial charge in [-0.3, -0.25) is 10.1 Å². The topological polar surface area (TPSA) is 103 Å². The standard InChI is InChI=1S/C20H14N2O5/c23-20(24)17-12-15(8-5-11-27-13-14-6-2-1-3-7-14)16-9-4-10-18(22(25)26)19(16)21-17/h1-4,6-7,9-10,12H,11,13H2,(H,23,24). The van der Waals surface area contributed by atoms with Crippen molar-refractivity contribution in [3.8, 4) is 11.8 Å². The Kier molecular flexibility index (Phi) is 5.40. The Balaban J connectivity index is 1.88. The number of non-ortho nitro benzene ring substituents is 1. The number of para-hydroxylation sites is 1. The van der Waals surface area contributed by atoms with E-state index in [0.29, 0.717) is 17.6 Å². The Hall–Kier alpha value is -3.76. The fraction of sp³-hybridized carbons (Fsp3) is 0.100. The maximum Gasteiger partial charge on any atom is 0.354 e. The Bertz CT molecular complexity index is 1070. The lowest BCUT2D eigenvalue weighted by Gasteiger charge is -2.04. The summed E-state index contributed by atoms with van der Waals surface area (Å²) >= 11 is 0. The summed E-state index contributed by atoms with van der Waals surface area (Å²) in [4.78, 5) is 25.8. The van der Waals surface area contributed by atoms with E-state index in [2.05, 4.69) is 16.8 Å². The van der Waals surface area contributed by atoms with Crippen molar-refractivity contribution >= 4 is 22.6 Å². The molecular formula is C20H14N2O5. The second-order valence-electron chi connectivity index (χ2n) is 5.57. The second kappa shape index (κ2) is 8.08. The molecule has 7 heteroatoms. The van der Waals surface area contributed by atoms with Crippen LogP contribution in [0.3, 0.4) is 0 Å². The molecule has 1 N–H and O–H groups in total. The number of ether oxygens (including phenoxy) is 1. The molecule has 0 aliphatic heterocycles. The minimum Gasteiger partial charge on any atom is -0.477 e. The van der Waals surface area contributed by atoms with Gasteiger partial charge in [-0.1, -0.05) is 54.3 Å². The third kappa shape index (κ3) is 4.26. The van der Waals surface area contributed by atoms with Crippen LogP contribution in [-0.2, 0) is 11.3 Å². The van der Waals surface area contributed by atoms with E-state index in [-0.39, 0.29) is 23.5 Å². The largest absolute Gasteiger partial charge is 0.477 e. The number of nitro benzene ring substituents is 1. The Morgan fingerprint density at radius 3 is 2.67 bits per heavy atom. The fourth-order valence-corrected chi connectivity index (χ4v) is 2.52. The molecule has 0 unspecified atom stereocenters. The van der Waals surface area contributed by atoms with Crippen LogP contribution in [-0.4, -0.2) is 27.6 Å². The van der Waals surface area contributed by atoms with Crippen LogP contribution in [0.5, 0.6) is 0 Å². The van der Waals surface area contributed by atoms with E-state index in [1.807, 2.05) is 30.3 Å². The average molecular weight is 362 g/mol. The van der Waals surface area contributed by atoms with E-state index >= 15 is 0 Å². The number of carboxylic acids is 1. The van der Waals surface area contributed by atoms with Crippen LogP contribution in [0, 0.1) is 22.0 Å². The molecule has 0 saturated carbocycles. The summed E-state index contributed by atoms with van der Waals surface area (Å²) in [7, 11) is 0. The van der Waals surface area contributed by atoms with Crippen molar-refractivity contribution in [2.24, 2.45) is 0 Å². The molecule has 0 spiro atoms. The summed E-state index contributed by atoms with van der Waals surface area (Å²) in [5, 5.41) is 20.9. The minimum atomic E-state index is -1.28. The number of carboxylic acid groups (broad SMARTS) is 1. The van der Waals surface area contributed by atoms with Crippen molar-refractivity contribution in [2.75, 3.05) is 6.61 Å². The van der Waals surface area contributed by atoms with Crippen LogP contribution in [0.1, 0.15) is 21.6 Å². The third-order valence-electron chi connectivity index (χ3n) is 3.74. The second-order valence-corrected chi connectivity index (χ2v) is 5.57. The molecule has 0 amide bonds. The first kappa shape index (κ1) is 18.0. The van der Waals surface area contributed by atoms with Gasteiger partial charge in [0.25, 0.3) is 5.69 Å². The third-order valence-corrected chi connectivity index (χ3v) is 3.74. The number of nitro groups is 1. The SMILES string of the molecule is O=C(O)c1cc(C#CCOCc2ccccc2)c2cccc([N+](=O)[O-])c2n1. The highest BCUT2D eigenvalue weighted by atomic mass is 16.6. The number of aromatic carboxylic acids is 1. The molecule has 1 aromatic heterocycles. The molecule has 0 saturated heterocycles. The first-order chi connectivity index (χ1) is 13.1. The van der Waals surface area contributed by atoms with E-state index in [1.54, 1.807) is 6.07 Å². The number of benzene rings is 2. The summed E-state index contributed by atoms with van der Waals surface area (Å²) < 4.78 is 5.48. The zero-order valence-electron chi connectivity index (χ0n) is 14.1. The van der Waals surface area contributed by atoms with Crippen LogP contribution < -0.4 is 0 Å². The number of fused-ring (bicyclic) bond motifs is 1. The highest BCUT2D eigenvalue weighted by Crippen LogP contribution is 2.26. The van der Waals surface area contributed by atoms with Crippen LogP contribution >= 0.6 is 0 Å². The molecule has 0 aliphatic carbocycles. The Labute approximate surface area is 154 Å². The highest BCUT2D eigenvalue weighted by Gasteiger charge is 2.18. The molecular weight excluding hydrogens is 348 g/mol. The van der Waals surface area contributed by atoms with Crippen molar-refractivity contribution in [2.45, 2.75) is 6.61 Å². The maximum absolute atomic E-state index is 11.3. The predicted molar refractivity (Wildman–Crippen MR) is 98.3 cm³/mol. The van der Waals surface area contributed by atoms with Crippen LogP contribution in [0.4, 0.5) is 5.69 Å². The zero-order chi connectivity index (χ0) is 19.2. The van der Waals surface area contributed by atoms with E-state index < -0.39 is 10.9 Å². The van der Waals surface area contributed by atoms with Crippen LogP contribution in [0.15, 0.2) is 54.6 Å². The lowest BCUT2D eigenvalue weighted by atomic mass is 10.1. The first-order valence-corrected chi connectivity index (χ1v) is 7.98. The van der Waals surface area contributed by atoms with Crippen molar-refractivity contribution < 1.29 is 19.6 Å². The molecule has 0 radical (unpaired) electrons. The molecule has 3 rings (SSSR count). The number of nitrogens with zero attached hydrogens (tertiary/aromatic N) is 2. The summed E-state index contributed by atoms with van der Waals surface area (Å²) in [5.74, 6) is 4.37. The number of rotatable bonds is 5. The van der Waals surface area contributed by atoms with Gasteiger partial charge in [0, 0.05) is 17.0 Å². The summed E-state index contributed by atoms with van der Waals surface area (Å²) in [6.07, 6.45) is 0. The number of aromatic nitrogens is 1. The quantitative estimate of drug-likeness (QED) is 0.323. The van der Waals surface area contributed by atoms with Gasteiger partial charge < -0.3 is 9.84 Å². The maximum atomic E-state index is 11.3. The minimum absolute atomic E-state index is 0.00287. The fourth-order valence-electron chi connectivity index (χ4n) is 2.52. The van der Waals surface area contributed by atoms with Gasteiger partial charge in [-0.15, -0.1) is 0 Å².